The second-order valence-corrected chi connectivity index (χ2v) is 10.0. The zero-order chi connectivity index (χ0) is 22.7. The summed E-state index contributed by atoms with van der Waals surface area (Å²) in [5, 5.41) is 11.1. The maximum atomic E-state index is 13.5. The van der Waals surface area contributed by atoms with E-state index in [-0.39, 0.29) is 23.0 Å². The van der Waals surface area contributed by atoms with E-state index in [0.29, 0.717) is 12.1 Å². The molecule has 1 fully saturated rings. The minimum Gasteiger partial charge on any atom is -0.506 e. The number of piperidine rings is 1. The summed E-state index contributed by atoms with van der Waals surface area (Å²) in [5.41, 5.74) is 1.84. The standard InChI is InChI=1S/C27H33N3O2/c1-27(2,3)19-30(18-20-8-5-4-6-9-20)26(32)22-14-16-29(17-15-22)24-13-12-21-10-7-11-23(31)25(21)28-24/h4-13,22,31H,14-19H2,1-3H3. The van der Waals surface area contributed by atoms with Crippen LogP contribution in [0.3, 0.4) is 0 Å². The Hall–Kier alpha value is -3.08. The maximum Gasteiger partial charge on any atom is 0.226 e. The van der Waals surface area contributed by atoms with E-state index in [1.165, 1.54) is 5.56 Å². The predicted molar refractivity (Wildman–Crippen MR) is 130 cm³/mol. The Kier molecular flexibility index (Phi) is 6.35. The van der Waals surface area contributed by atoms with Gasteiger partial charge in [-0.3, -0.25) is 4.79 Å². The monoisotopic (exact) mass is 431 g/mol. The third-order valence-corrected chi connectivity index (χ3v) is 6.05. The van der Waals surface area contributed by atoms with Gasteiger partial charge in [0, 0.05) is 37.5 Å². The number of phenols is 1. The van der Waals surface area contributed by atoms with Crippen LogP contribution >= 0.6 is 0 Å². The molecule has 2 heterocycles. The minimum absolute atomic E-state index is 0.0335. The average molecular weight is 432 g/mol. The van der Waals surface area contributed by atoms with Crippen LogP contribution in [0.4, 0.5) is 5.82 Å². The number of rotatable bonds is 5. The minimum atomic E-state index is 0.0335. The first-order chi connectivity index (χ1) is 15.3. The molecule has 168 valence electrons. The van der Waals surface area contributed by atoms with E-state index in [9.17, 15) is 9.90 Å². The normalized spacial score (nSPS) is 15.2. The van der Waals surface area contributed by atoms with Crippen LogP contribution in [0.25, 0.3) is 10.9 Å². The van der Waals surface area contributed by atoms with E-state index in [1.54, 1.807) is 6.07 Å². The molecule has 1 aromatic heterocycles. The molecule has 2 aromatic carbocycles. The Morgan fingerprint density at radius 3 is 2.44 bits per heavy atom. The SMILES string of the molecule is CC(C)(C)CN(Cc1ccccc1)C(=O)C1CCN(c2ccc3cccc(O)c3n2)CC1. The predicted octanol–water partition coefficient (Wildman–Crippen LogP) is 5.23. The van der Waals surface area contributed by atoms with Gasteiger partial charge in [0.05, 0.1) is 0 Å². The molecule has 0 atom stereocenters. The van der Waals surface area contributed by atoms with Gasteiger partial charge in [0.1, 0.15) is 17.1 Å². The van der Waals surface area contributed by atoms with Crippen molar-refractivity contribution in [3.8, 4) is 5.75 Å². The fourth-order valence-corrected chi connectivity index (χ4v) is 4.50. The number of nitrogens with zero attached hydrogens (tertiary/aromatic N) is 3. The van der Waals surface area contributed by atoms with Crippen LogP contribution in [0.5, 0.6) is 5.75 Å². The van der Waals surface area contributed by atoms with Crippen molar-refractivity contribution in [1.29, 1.82) is 0 Å². The molecule has 1 saturated heterocycles. The number of amides is 1. The number of fused-ring (bicyclic) bond motifs is 1. The molecule has 1 N–H and O–H groups in total. The van der Waals surface area contributed by atoms with Gasteiger partial charge in [-0.25, -0.2) is 4.98 Å². The van der Waals surface area contributed by atoms with Gasteiger partial charge < -0.3 is 14.9 Å². The fraction of sp³-hybridized carbons (Fsp3) is 0.407. The van der Waals surface area contributed by atoms with E-state index >= 15 is 0 Å². The van der Waals surface area contributed by atoms with Gasteiger partial charge in [0.15, 0.2) is 0 Å². The van der Waals surface area contributed by atoms with E-state index in [2.05, 4.69) is 42.8 Å². The number of carbonyl (C=O) groups excluding carboxylic acids is 1. The number of aromatic hydroxyl groups is 1. The Balaban J connectivity index is 1.44. The van der Waals surface area contributed by atoms with Crippen molar-refractivity contribution >= 4 is 22.6 Å². The topological polar surface area (TPSA) is 56.7 Å². The number of benzene rings is 2. The van der Waals surface area contributed by atoms with Crippen molar-refractivity contribution in [2.45, 2.75) is 40.2 Å². The molecule has 4 rings (SSSR count). The van der Waals surface area contributed by atoms with Crippen LogP contribution in [0, 0.1) is 11.3 Å². The fourth-order valence-electron chi connectivity index (χ4n) is 4.50. The second-order valence-electron chi connectivity index (χ2n) is 10.0. The highest BCUT2D eigenvalue weighted by Crippen LogP contribution is 2.29. The van der Waals surface area contributed by atoms with Crippen molar-refractivity contribution in [2.24, 2.45) is 11.3 Å². The third-order valence-electron chi connectivity index (χ3n) is 6.05. The van der Waals surface area contributed by atoms with Gasteiger partial charge in [-0.15, -0.1) is 0 Å². The van der Waals surface area contributed by atoms with Gasteiger partial charge in [-0.1, -0.05) is 63.2 Å². The van der Waals surface area contributed by atoms with Gasteiger partial charge in [0.25, 0.3) is 0 Å². The first-order valence-electron chi connectivity index (χ1n) is 11.5. The van der Waals surface area contributed by atoms with Crippen molar-refractivity contribution < 1.29 is 9.90 Å². The van der Waals surface area contributed by atoms with Crippen molar-refractivity contribution in [1.82, 2.24) is 9.88 Å². The summed E-state index contributed by atoms with van der Waals surface area (Å²) in [6.45, 7) is 9.52. The Morgan fingerprint density at radius 1 is 1.03 bits per heavy atom. The lowest BCUT2D eigenvalue weighted by Crippen LogP contribution is -2.45. The van der Waals surface area contributed by atoms with Crippen LogP contribution < -0.4 is 4.90 Å². The molecule has 0 radical (unpaired) electrons. The highest BCUT2D eigenvalue weighted by Gasteiger charge is 2.31. The van der Waals surface area contributed by atoms with Crippen LogP contribution in [0.15, 0.2) is 60.7 Å². The Morgan fingerprint density at radius 2 is 1.75 bits per heavy atom. The molecule has 32 heavy (non-hydrogen) atoms. The summed E-state index contributed by atoms with van der Waals surface area (Å²) >= 11 is 0. The number of pyridine rings is 1. The van der Waals surface area contributed by atoms with Crippen LogP contribution in [-0.2, 0) is 11.3 Å². The summed E-state index contributed by atoms with van der Waals surface area (Å²) in [5.74, 6) is 1.35. The quantitative estimate of drug-likeness (QED) is 0.601. The first-order valence-corrected chi connectivity index (χ1v) is 11.5. The zero-order valence-electron chi connectivity index (χ0n) is 19.3. The second kappa shape index (κ2) is 9.19. The smallest absolute Gasteiger partial charge is 0.226 e. The highest BCUT2D eigenvalue weighted by molar-refractivity contribution is 5.85. The van der Waals surface area contributed by atoms with Crippen molar-refractivity contribution in [2.75, 3.05) is 24.5 Å². The molecule has 1 aliphatic heterocycles. The third kappa shape index (κ3) is 5.21. The van der Waals surface area contributed by atoms with Crippen molar-refractivity contribution in [3.05, 3.63) is 66.2 Å². The molecule has 0 spiro atoms. The summed E-state index contributed by atoms with van der Waals surface area (Å²) in [7, 11) is 0. The van der Waals surface area contributed by atoms with Crippen LogP contribution in [0.1, 0.15) is 39.2 Å². The van der Waals surface area contributed by atoms with E-state index in [0.717, 1.165) is 43.7 Å². The zero-order valence-corrected chi connectivity index (χ0v) is 19.3. The number of aromatic nitrogens is 1. The molecule has 3 aromatic rings. The van der Waals surface area contributed by atoms with Crippen LogP contribution in [-0.4, -0.2) is 40.5 Å². The summed E-state index contributed by atoms with van der Waals surface area (Å²) in [6.07, 6.45) is 1.63. The highest BCUT2D eigenvalue weighted by atomic mass is 16.3. The molecule has 1 amide bonds. The molecule has 5 nitrogen and oxygen atoms in total. The Labute approximate surface area is 190 Å². The summed E-state index contributed by atoms with van der Waals surface area (Å²) in [6, 6.07) is 19.7. The molecular formula is C27H33N3O2. The summed E-state index contributed by atoms with van der Waals surface area (Å²) in [4.78, 5) is 22.5. The number of hydrogen-bond acceptors (Lipinski definition) is 4. The van der Waals surface area contributed by atoms with E-state index < -0.39 is 0 Å². The number of hydrogen-bond donors (Lipinski definition) is 1. The molecule has 1 aliphatic rings. The number of para-hydroxylation sites is 1. The molecule has 0 aliphatic carbocycles. The lowest BCUT2D eigenvalue weighted by atomic mass is 9.91. The van der Waals surface area contributed by atoms with Crippen LogP contribution in [0.2, 0.25) is 0 Å². The van der Waals surface area contributed by atoms with Gasteiger partial charge in [0.2, 0.25) is 5.91 Å². The number of carbonyl (C=O) groups is 1. The van der Waals surface area contributed by atoms with Gasteiger partial charge in [-0.05, 0) is 42.0 Å². The lowest BCUT2D eigenvalue weighted by Gasteiger charge is -2.37. The first kappa shape index (κ1) is 22.1. The average Bonchev–Trinajstić information content (AvgIpc) is 2.78. The molecule has 0 bridgehead atoms. The van der Waals surface area contributed by atoms with Crippen molar-refractivity contribution in [3.63, 3.8) is 0 Å². The molecule has 0 saturated carbocycles. The lowest BCUT2D eigenvalue weighted by molar-refractivity contribution is -0.138. The largest absolute Gasteiger partial charge is 0.506 e. The summed E-state index contributed by atoms with van der Waals surface area (Å²) < 4.78 is 0. The van der Waals surface area contributed by atoms with Gasteiger partial charge in [-0.2, -0.15) is 0 Å². The van der Waals surface area contributed by atoms with E-state index in [4.69, 9.17) is 0 Å². The van der Waals surface area contributed by atoms with Gasteiger partial charge >= 0.3 is 0 Å². The maximum absolute atomic E-state index is 13.5. The number of phenolic OH excluding ortho intramolecular Hbond substituents is 1. The number of anilines is 1. The van der Waals surface area contributed by atoms with E-state index in [1.807, 2.05) is 47.4 Å². The Bertz CT molecular complexity index is 1070. The molecule has 0 unspecified atom stereocenters. The molecule has 5 heteroatoms. The molecular weight excluding hydrogens is 398 g/mol.